The zero-order valence-electron chi connectivity index (χ0n) is 15.0. The zero-order chi connectivity index (χ0) is 18.4. The molecule has 26 heavy (non-hydrogen) atoms. The van der Waals surface area contributed by atoms with Crippen LogP contribution in [0.4, 0.5) is 11.5 Å². The summed E-state index contributed by atoms with van der Waals surface area (Å²) in [5.74, 6) is 0.882. The maximum Gasteiger partial charge on any atom is 0.274 e. The molecule has 134 valence electrons. The van der Waals surface area contributed by atoms with Crippen molar-refractivity contribution < 1.29 is 4.79 Å². The van der Waals surface area contributed by atoms with Crippen LogP contribution in [0.15, 0.2) is 30.3 Å². The lowest BCUT2D eigenvalue weighted by Gasteiger charge is -2.17. The highest BCUT2D eigenvalue weighted by Crippen LogP contribution is 2.21. The molecule has 0 atom stereocenters. The summed E-state index contributed by atoms with van der Waals surface area (Å²) in [6.07, 6.45) is 7.26. The second-order valence-electron chi connectivity index (χ2n) is 6.63. The van der Waals surface area contributed by atoms with E-state index in [1.165, 1.54) is 25.7 Å². The van der Waals surface area contributed by atoms with Crippen molar-refractivity contribution in [3.63, 3.8) is 0 Å². The number of nitriles is 1. The Bertz CT molecular complexity index is 819. The quantitative estimate of drug-likeness (QED) is 0.813. The van der Waals surface area contributed by atoms with E-state index >= 15 is 0 Å². The zero-order valence-corrected chi connectivity index (χ0v) is 15.0. The maximum absolute atomic E-state index is 12.6. The molecule has 1 aromatic carbocycles. The Balaban J connectivity index is 1.76. The topological polar surface area (TPSA) is 90.7 Å². The number of aromatic nitrogens is 2. The fraction of sp³-hybridized carbons (Fsp3) is 0.400. The van der Waals surface area contributed by atoms with Crippen molar-refractivity contribution in [2.24, 2.45) is 0 Å². The third-order valence-corrected chi connectivity index (χ3v) is 4.57. The van der Waals surface area contributed by atoms with Gasteiger partial charge in [0.1, 0.15) is 23.4 Å². The molecule has 0 spiro atoms. The highest BCUT2D eigenvalue weighted by molar-refractivity contribution is 6.03. The van der Waals surface area contributed by atoms with Crippen LogP contribution >= 0.6 is 0 Å². The van der Waals surface area contributed by atoms with Crippen molar-refractivity contribution in [3.8, 4) is 6.07 Å². The molecule has 6 heteroatoms. The van der Waals surface area contributed by atoms with E-state index in [2.05, 4.69) is 26.7 Å². The average molecular weight is 349 g/mol. The van der Waals surface area contributed by atoms with E-state index in [0.717, 1.165) is 12.8 Å². The predicted octanol–water partition coefficient (Wildman–Crippen LogP) is 4.04. The molecule has 3 rings (SSSR count). The van der Waals surface area contributed by atoms with Crippen LogP contribution in [-0.4, -0.2) is 21.9 Å². The lowest BCUT2D eigenvalue weighted by Crippen LogP contribution is -2.21. The Hall–Kier alpha value is -2.94. The van der Waals surface area contributed by atoms with Gasteiger partial charge in [0.05, 0.1) is 11.3 Å². The summed E-state index contributed by atoms with van der Waals surface area (Å²) < 4.78 is 0. The Morgan fingerprint density at radius 1 is 1.15 bits per heavy atom. The molecular weight excluding hydrogens is 326 g/mol. The second-order valence-corrected chi connectivity index (χ2v) is 6.63. The summed E-state index contributed by atoms with van der Waals surface area (Å²) in [7, 11) is 0. The molecule has 1 heterocycles. The minimum absolute atomic E-state index is 0.293. The van der Waals surface area contributed by atoms with Gasteiger partial charge in [0.15, 0.2) is 0 Å². The molecule has 0 saturated heterocycles. The molecule has 1 saturated carbocycles. The normalized spacial score (nSPS) is 14.9. The monoisotopic (exact) mass is 349 g/mol. The van der Waals surface area contributed by atoms with Gasteiger partial charge in [-0.3, -0.25) is 4.79 Å². The summed E-state index contributed by atoms with van der Waals surface area (Å²) in [4.78, 5) is 21.3. The second kappa shape index (κ2) is 8.43. The largest absolute Gasteiger partial charge is 0.367 e. The van der Waals surface area contributed by atoms with Crippen LogP contribution < -0.4 is 10.6 Å². The fourth-order valence-electron chi connectivity index (χ4n) is 3.27. The van der Waals surface area contributed by atoms with E-state index < -0.39 is 0 Å². The van der Waals surface area contributed by atoms with E-state index in [0.29, 0.717) is 34.6 Å². The number of nitrogens with zero attached hydrogens (tertiary/aromatic N) is 3. The fourth-order valence-corrected chi connectivity index (χ4v) is 3.27. The molecule has 0 radical (unpaired) electrons. The van der Waals surface area contributed by atoms with Crippen LogP contribution in [0.3, 0.4) is 0 Å². The van der Waals surface area contributed by atoms with Crippen molar-refractivity contribution in [2.75, 3.05) is 10.6 Å². The van der Waals surface area contributed by atoms with Gasteiger partial charge in [-0.15, -0.1) is 0 Å². The van der Waals surface area contributed by atoms with Gasteiger partial charge >= 0.3 is 0 Å². The first-order chi connectivity index (χ1) is 12.7. The molecule has 1 aliphatic carbocycles. The van der Waals surface area contributed by atoms with E-state index in [4.69, 9.17) is 5.26 Å². The number of benzene rings is 1. The summed E-state index contributed by atoms with van der Waals surface area (Å²) in [6, 6.07) is 11.1. The van der Waals surface area contributed by atoms with Gasteiger partial charge in [-0.1, -0.05) is 37.8 Å². The van der Waals surface area contributed by atoms with Gasteiger partial charge in [0, 0.05) is 12.1 Å². The average Bonchev–Trinajstić information content (AvgIpc) is 2.90. The summed E-state index contributed by atoms with van der Waals surface area (Å²) in [5, 5.41) is 15.4. The molecule has 0 aliphatic heterocycles. The van der Waals surface area contributed by atoms with Gasteiger partial charge in [-0.2, -0.15) is 5.26 Å². The van der Waals surface area contributed by atoms with Gasteiger partial charge in [0.2, 0.25) is 0 Å². The van der Waals surface area contributed by atoms with Crippen molar-refractivity contribution in [3.05, 3.63) is 47.4 Å². The molecular formula is C20H23N5O. The molecule has 2 N–H and O–H groups in total. The number of carbonyl (C=O) groups is 1. The molecule has 1 aliphatic rings. The molecule has 1 fully saturated rings. The molecule has 2 aromatic rings. The Labute approximate surface area is 153 Å². The van der Waals surface area contributed by atoms with Crippen molar-refractivity contribution in [2.45, 2.75) is 51.5 Å². The smallest absolute Gasteiger partial charge is 0.274 e. The van der Waals surface area contributed by atoms with Gasteiger partial charge in [0.25, 0.3) is 5.91 Å². The number of nitrogens with one attached hydrogen (secondary N) is 2. The minimum atomic E-state index is -0.345. The number of amides is 1. The van der Waals surface area contributed by atoms with E-state index in [1.807, 2.05) is 0 Å². The van der Waals surface area contributed by atoms with Crippen LogP contribution in [0.25, 0.3) is 0 Å². The van der Waals surface area contributed by atoms with E-state index in [1.54, 1.807) is 37.3 Å². The number of hydrogen-bond donors (Lipinski definition) is 2. The Morgan fingerprint density at radius 2 is 1.88 bits per heavy atom. The van der Waals surface area contributed by atoms with Crippen LogP contribution in [0.1, 0.15) is 60.4 Å². The van der Waals surface area contributed by atoms with E-state index in [9.17, 15) is 4.79 Å². The molecule has 0 unspecified atom stereocenters. The maximum atomic E-state index is 12.6. The van der Waals surface area contributed by atoms with Crippen LogP contribution in [0.5, 0.6) is 0 Å². The molecule has 1 aromatic heterocycles. The van der Waals surface area contributed by atoms with Gasteiger partial charge in [-0.05, 0) is 31.9 Å². The third-order valence-electron chi connectivity index (χ3n) is 4.57. The summed E-state index contributed by atoms with van der Waals surface area (Å²) in [6.45, 7) is 1.78. The third kappa shape index (κ3) is 4.57. The lowest BCUT2D eigenvalue weighted by molar-refractivity contribution is 0.102. The standard InChI is InChI=1S/C20H23N5O/c1-14-22-18(20(26)25-17-11-7-6-8-15(17)13-21)12-19(23-14)24-16-9-4-2-3-5-10-16/h6-8,11-12,16H,2-5,9-10H2,1H3,(H,25,26)(H,22,23,24). The van der Waals surface area contributed by atoms with Crippen molar-refractivity contribution >= 4 is 17.4 Å². The number of rotatable bonds is 4. The highest BCUT2D eigenvalue weighted by Gasteiger charge is 2.16. The molecule has 0 bridgehead atoms. The van der Waals surface area contributed by atoms with Crippen LogP contribution in [0, 0.1) is 18.3 Å². The molecule has 1 amide bonds. The molecule has 6 nitrogen and oxygen atoms in total. The number of carbonyl (C=O) groups excluding carboxylic acids is 1. The number of aryl methyl sites for hydroxylation is 1. The minimum Gasteiger partial charge on any atom is -0.367 e. The Morgan fingerprint density at radius 3 is 2.62 bits per heavy atom. The summed E-state index contributed by atoms with van der Waals surface area (Å²) in [5.41, 5.74) is 1.19. The van der Waals surface area contributed by atoms with Crippen molar-refractivity contribution in [1.82, 2.24) is 9.97 Å². The first-order valence-corrected chi connectivity index (χ1v) is 9.08. The highest BCUT2D eigenvalue weighted by atomic mass is 16.1. The number of para-hydroxylation sites is 1. The van der Waals surface area contributed by atoms with Crippen molar-refractivity contribution in [1.29, 1.82) is 5.26 Å². The first kappa shape index (κ1) is 17.9. The first-order valence-electron chi connectivity index (χ1n) is 9.08. The SMILES string of the molecule is Cc1nc(NC2CCCCCC2)cc(C(=O)Nc2ccccc2C#N)n1. The number of anilines is 2. The van der Waals surface area contributed by atoms with Gasteiger partial charge < -0.3 is 10.6 Å². The van der Waals surface area contributed by atoms with Gasteiger partial charge in [-0.25, -0.2) is 9.97 Å². The number of hydrogen-bond acceptors (Lipinski definition) is 5. The Kier molecular flexibility index (Phi) is 5.80. The summed E-state index contributed by atoms with van der Waals surface area (Å²) >= 11 is 0. The van der Waals surface area contributed by atoms with E-state index in [-0.39, 0.29) is 5.91 Å². The van der Waals surface area contributed by atoms with Crippen LogP contribution in [0.2, 0.25) is 0 Å². The van der Waals surface area contributed by atoms with Crippen LogP contribution in [-0.2, 0) is 0 Å². The predicted molar refractivity (Wildman–Crippen MR) is 101 cm³/mol. The lowest BCUT2D eigenvalue weighted by atomic mass is 10.1.